The molecule has 1 saturated heterocycles. The van der Waals surface area contributed by atoms with Crippen LogP contribution >= 0.6 is 35.6 Å². The number of halogens is 1. The van der Waals surface area contributed by atoms with Gasteiger partial charge in [-0.25, -0.2) is 4.79 Å². The first-order valence-electron chi connectivity index (χ1n) is 13.6. The average Bonchev–Trinajstić information content (AvgIpc) is 3.31. The third-order valence-corrected chi connectivity index (χ3v) is 8.54. The van der Waals surface area contributed by atoms with E-state index in [2.05, 4.69) is 0 Å². The molecule has 44 heavy (non-hydrogen) atoms. The molecule has 9 heteroatoms. The van der Waals surface area contributed by atoms with Crippen molar-refractivity contribution >= 4 is 69.7 Å². The summed E-state index contributed by atoms with van der Waals surface area (Å²) in [4.78, 5) is 39.5. The number of thioether (sulfide) groups is 1. The molecular formula is C35H26ClNO5S2. The lowest BCUT2D eigenvalue weighted by atomic mass is 10.0. The molecule has 1 aliphatic rings. The molecule has 1 atom stereocenters. The average molecular weight is 640 g/mol. The highest BCUT2D eigenvalue weighted by molar-refractivity contribution is 8.26. The molecule has 0 aromatic heterocycles. The summed E-state index contributed by atoms with van der Waals surface area (Å²) in [5, 5.41) is 10.5. The third kappa shape index (κ3) is 7.71. The van der Waals surface area contributed by atoms with Crippen LogP contribution in [0.3, 0.4) is 0 Å². The Labute approximate surface area is 269 Å². The maximum atomic E-state index is 13.2. The molecular weight excluding hydrogens is 614 g/mol. The quantitative estimate of drug-likeness (QED) is 0.102. The summed E-state index contributed by atoms with van der Waals surface area (Å²) in [5.41, 5.74) is 3.75. The van der Waals surface area contributed by atoms with Crippen molar-refractivity contribution in [2.75, 3.05) is 0 Å². The number of hydrogen-bond acceptors (Lipinski definition) is 6. The number of ether oxygens (including phenoxy) is 1. The van der Waals surface area contributed by atoms with E-state index in [9.17, 15) is 19.5 Å². The van der Waals surface area contributed by atoms with E-state index in [1.807, 2.05) is 78.9 Å². The van der Waals surface area contributed by atoms with Crippen molar-refractivity contribution in [3.63, 3.8) is 0 Å². The van der Waals surface area contributed by atoms with E-state index in [0.717, 1.165) is 34.0 Å². The number of rotatable bonds is 11. The second-order valence-corrected chi connectivity index (χ2v) is 11.9. The Bertz CT molecular complexity index is 1750. The highest BCUT2D eigenvalue weighted by Crippen LogP contribution is 2.35. The smallest absolute Gasteiger partial charge is 0.327 e. The van der Waals surface area contributed by atoms with Gasteiger partial charge in [0.1, 0.15) is 22.7 Å². The Kier molecular flexibility index (Phi) is 10.1. The maximum Gasteiger partial charge on any atom is 0.327 e. The van der Waals surface area contributed by atoms with Crippen LogP contribution < -0.4 is 4.74 Å². The molecule has 220 valence electrons. The number of carboxylic acid groups (broad SMARTS) is 1. The summed E-state index contributed by atoms with van der Waals surface area (Å²) in [6.07, 6.45) is 5.05. The summed E-state index contributed by atoms with van der Waals surface area (Å²) >= 11 is 12.7. The Morgan fingerprint density at radius 1 is 0.909 bits per heavy atom. The Morgan fingerprint density at radius 2 is 1.57 bits per heavy atom. The molecule has 4 aromatic carbocycles. The van der Waals surface area contributed by atoms with E-state index in [0.29, 0.717) is 27.8 Å². The lowest BCUT2D eigenvalue weighted by molar-refractivity contribution is -0.145. The fourth-order valence-electron chi connectivity index (χ4n) is 4.49. The van der Waals surface area contributed by atoms with E-state index < -0.39 is 17.9 Å². The molecule has 1 amide bonds. The van der Waals surface area contributed by atoms with E-state index in [1.165, 1.54) is 11.0 Å². The van der Waals surface area contributed by atoms with Gasteiger partial charge in [0.15, 0.2) is 5.78 Å². The van der Waals surface area contributed by atoms with Gasteiger partial charge in [0.2, 0.25) is 0 Å². The van der Waals surface area contributed by atoms with Crippen LogP contribution in [0.2, 0.25) is 5.02 Å². The van der Waals surface area contributed by atoms with Crippen LogP contribution in [0.15, 0.2) is 114 Å². The van der Waals surface area contributed by atoms with Gasteiger partial charge < -0.3 is 9.84 Å². The van der Waals surface area contributed by atoms with E-state index in [-0.39, 0.29) is 16.5 Å². The standard InChI is InChI=1S/C35H26ClNO5S2/c36-29-9-5-4-8-27(29)22-42-28-17-15-26(16-18-28)31(38)19-14-23-10-12-25(13-11-23)21-32-33(39)37(35(43)44-32)30(34(40)41)20-24-6-2-1-3-7-24/h1-19,21,30H,20,22H2,(H,40,41)/b19-14+,32-21-. The van der Waals surface area contributed by atoms with Crippen LogP contribution in [0, 0.1) is 0 Å². The molecule has 0 aliphatic carbocycles. The first-order valence-corrected chi connectivity index (χ1v) is 15.2. The Balaban J connectivity index is 1.19. The summed E-state index contributed by atoms with van der Waals surface area (Å²) in [6, 6.07) is 29.7. The van der Waals surface area contributed by atoms with Crippen molar-refractivity contribution in [1.29, 1.82) is 0 Å². The second kappa shape index (κ2) is 14.3. The largest absolute Gasteiger partial charge is 0.489 e. The lowest BCUT2D eigenvalue weighted by Crippen LogP contribution is -2.45. The summed E-state index contributed by atoms with van der Waals surface area (Å²) in [6.45, 7) is 0.328. The van der Waals surface area contributed by atoms with Gasteiger partial charge >= 0.3 is 5.97 Å². The summed E-state index contributed by atoms with van der Waals surface area (Å²) in [7, 11) is 0. The molecule has 1 unspecified atom stereocenters. The number of carboxylic acids is 1. The molecule has 0 radical (unpaired) electrons. The molecule has 6 nitrogen and oxygen atoms in total. The first kappa shape index (κ1) is 30.9. The van der Waals surface area contributed by atoms with Crippen LogP contribution in [0.4, 0.5) is 0 Å². The highest BCUT2D eigenvalue weighted by atomic mass is 35.5. The second-order valence-electron chi connectivity index (χ2n) is 9.86. The fourth-order valence-corrected chi connectivity index (χ4v) is 6.04. The first-order chi connectivity index (χ1) is 21.3. The molecule has 0 saturated carbocycles. The van der Waals surface area contributed by atoms with E-state index in [1.54, 1.807) is 36.4 Å². The van der Waals surface area contributed by atoms with Gasteiger partial charge in [0.05, 0.1) is 4.91 Å². The maximum absolute atomic E-state index is 13.2. The van der Waals surface area contributed by atoms with Crippen LogP contribution in [0.5, 0.6) is 5.75 Å². The minimum atomic E-state index is -1.12. The SMILES string of the molecule is O=C(/C=C/c1ccc(/C=C2\SC(=S)N(C(Cc3ccccc3)C(=O)O)C2=O)cc1)c1ccc(OCc2ccccc2Cl)cc1. The molecule has 0 spiro atoms. The van der Waals surface area contributed by atoms with Crippen LogP contribution in [-0.4, -0.2) is 38.0 Å². The number of carbonyl (C=O) groups is 3. The number of amides is 1. The van der Waals surface area contributed by atoms with Crippen LogP contribution in [0.25, 0.3) is 12.2 Å². The number of allylic oxidation sites excluding steroid dienone is 1. The van der Waals surface area contributed by atoms with Gasteiger partial charge in [0.25, 0.3) is 5.91 Å². The predicted octanol–water partition coefficient (Wildman–Crippen LogP) is 7.71. The normalized spacial score (nSPS) is 14.8. The topological polar surface area (TPSA) is 83.9 Å². The Morgan fingerprint density at radius 3 is 2.25 bits per heavy atom. The predicted molar refractivity (Wildman–Crippen MR) is 179 cm³/mol. The van der Waals surface area contributed by atoms with Gasteiger partial charge in [-0.1, -0.05) is 114 Å². The van der Waals surface area contributed by atoms with E-state index >= 15 is 0 Å². The monoisotopic (exact) mass is 639 g/mol. The van der Waals surface area contributed by atoms with Crippen molar-refractivity contribution < 1.29 is 24.2 Å². The molecule has 1 heterocycles. The number of hydrogen-bond donors (Lipinski definition) is 1. The van der Waals surface area contributed by atoms with Gasteiger partial charge in [-0.15, -0.1) is 0 Å². The van der Waals surface area contributed by atoms with Crippen LogP contribution in [0.1, 0.15) is 32.6 Å². The summed E-state index contributed by atoms with van der Waals surface area (Å²) in [5.74, 6) is -1.07. The van der Waals surface area contributed by atoms with Crippen molar-refractivity contribution in [2.24, 2.45) is 0 Å². The van der Waals surface area contributed by atoms with Gasteiger partial charge in [0, 0.05) is 22.6 Å². The summed E-state index contributed by atoms with van der Waals surface area (Å²) < 4.78 is 5.99. The zero-order valence-corrected chi connectivity index (χ0v) is 25.6. The number of nitrogens with zero attached hydrogens (tertiary/aromatic N) is 1. The van der Waals surface area contributed by atoms with Crippen molar-refractivity contribution in [2.45, 2.75) is 19.1 Å². The van der Waals surface area contributed by atoms with Crippen LogP contribution in [-0.2, 0) is 22.6 Å². The number of aliphatic carboxylic acids is 1. The molecule has 1 N–H and O–H groups in total. The van der Waals surface area contributed by atoms with Crippen molar-refractivity contribution in [3.8, 4) is 5.75 Å². The van der Waals surface area contributed by atoms with Crippen molar-refractivity contribution in [1.82, 2.24) is 4.90 Å². The number of thiocarbonyl (C=S) groups is 1. The number of carbonyl (C=O) groups excluding carboxylic acids is 2. The lowest BCUT2D eigenvalue weighted by Gasteiger charge is -2.23. The zero-order valence-electron chi connectivity index (χ0n) is 23.3. The molecule has 4 aromatic rings. The van der Waals surface area contributed by atoms with Crippen molar-refractivity contribution in [3.05, 3.63) is 147 Å². The molecule has 5 rings (SSSR count). The minimum Gasteiger partial charge on any atom is -0.489 e. The van der Waals surface area contributed by atoms with Gasteiger partial charge in [-0.2, -0.15) is 0 Å². The molecule has 0 bridgehead atoms. The number of ketones is 1. The zero-order chi connectivity index (χ0) is 31.1. The molecule has 1 fully saturated rings. The Hall–Kier alpha value is -4.50. The third-order valence-electron chi connectivity index (χ3n) is 6.84. The number of benzene rings is 4. The minimum absolute atomic E-state index is 0.150. The molecule has 1 aliphatic heterocycles. The fraction of sp³-hybridized carbons (Fsp3) is 0.0857. The van der Waals surface area contributed by atoms with Gasteiger partial charge in [-0.3, -0.25) is 14.5 Å². The van der Waals surface area contributed by atoms with Gasteiger partial charge in [-0.05, 0) is 59.2 Å². The highest BCUT2D eigenvalue weighted by Gasteiger charge is 2.40. The van der Waals surface area contributed by atoms with E-state index in [4.69, 9.17) is 28.6 Å².